The van der Waals surface area contributed by atoms with Gasteiger partial charge >= 0.3 is 0 Å². The number of thiocarbonyl (C=S) groups is 1. The van der Waals surface area contributed by atoms with E-state index < -0.39 is 0 Å². The quantitative estimate of drug-likeness (QED) is 0.579. The number of benzene rings is 3. The summed E-state index contributed by atoms with van der Waals surface area (Å²) in [5, 5.41) is 6.08. The number of carbonyl (C=O) groups is 1. The van der Waals surface area contributed by atoms with E-state index in [2.05, 4.69) is 26.6 Å². The average Bonchev–Trinajstić information content (AvgIpc) is 2.63. The maximum Gasteiger partial charge on any atom is 0.258 e. The molecule has 3 aromatic carbocycles. The van der Waals surface area contributed by atoms with E-state index in [0.29, 0.717) is 5.56 Å². The van der Waals surface area contributed by atoms with Gasteiger partial charge in [0, 0.05) is 15.7 Å². The molecule has 5 heteroatoms. The van der Waals surface area contributed by atoms with Gasteiger partial charge in [-0.3, -0.25) is 10.1 Å². The molecule has 0 bridgehead atoms. The van der Waals surface area contributed by atoms with Crippen LogP contribution in [-0.2, 0) is 0 Å². The van der Waals surface area contributed by atoms with Crippen molar-refractivity contribution in [1.82, 2.24) is 5.32 Å². The Hall–Kier alpha value is -2.50. The molecular formula is C20H15BrN2OS. The van der Waals surface area contributed by atoms with Gasteiger partial charge in [-0.25, -0.2) is 0 Å². The normalized spacial score (nSPS) is 10.1. The molecule has 25 heavy (non-hydrogen) atoms. The van der Waals surface area contributed by atoms with Gasteiger partial charge in [0.1, 0.15) is 0 Å². The summed E-state index contributed by atoms with van der Waals surface area (Å²) in [5.74, 6) is -0.262. The van der Waals surface area contributed by atoms with Gasteiger partial charge in [-0.1, -0.05) is 60.7 Å². The third kappa shape index (κ3) is 4.32. The van der Waals surface area contributed by atoms with E-state index in [1.54, 1.807) is 12.1 Å². The number of amides is 1. The summed E-state index contributed by atoms with van der Waals surface area (Å²) in [6.45, 7) is 0. The van der Waals surface area contributed by atoms with Crippen molar-refractivity contribution in [3.63, 3.8) is 0 Å². The molecule has 0 aliphatic carbocycles. The molecule has 0 fully saturated rings. The van der Waals surface area contributed by atoms with E-state index in [0.717, 1.165) is 21.3 Å². The second-order valence-electron chi connectivity index (χ2n) is 5.30. The second kappa shape index (κ2) is 8.05. The largest absolute Gasteiger partial charge is 0.332 e. The molecule has 124 valence electrons. The van der Waals surface area contributed by atoms with Crippen LogP contribution in [0.15, 0.2) is 83.3 Å². The monoisotopic (exact) mass is 410 g/mol. The van der Waals surface area contributed by atoms with Crippen molar-refractivity contribution < 1.29 is 4.79 Å². The van der Waals surface area contributed by atoms with Gasteiger partial charge < -0.3 is 5.32 Å². The van der Waals surface area contributed by atoms with Crippen molar-refractivity contribution in [2.75, 3.05) is 5.32 Å². The highest BCUT2D eigenvalue weighted by molar-refractivity contribution is 9.10. The molecule has 0 aliphatic rings. The summed E-state index contributed by atoms with van der Waals surface area (Å²) in [6, 6.07) is 25.1. The van der Waals surface area contributed by atoms with Crippen LogP contribution in [0.4, 0.5) is 5.69 Å². The van der Waals surface area contributed by atoms with Crippen LogP contribution in [-0.4, -0.2) is 11.0 Å². The molecule has 0 heterocycles. The zero-order valence-corrected chi connectivity index (χ0v) is 15.6. The van der Waals surface area contributed by atoms with E-state index in [4.69, 9.17) is 12.2 Å². The lowest BCUT2D eigenvalue weighted by Gasteiger charge is -2.14. The van der Waals surface area contributed by atoms with Gasteiger partial charge in [-0.2, -0.15) is 0 Å². The van der Waals surface area contributed by atoms with Crippen LogP contribution in [0.5, 0.6) is 0 Å². The summed E-state index contributed by atoms with van der Waals surface area (Å²) < 4.78 is 0.722. The number of hydrogen-bond acceptors (Lipinski definition) is 2. The maximum absolute atomic E-state index is 12.4. The highest BCUT2D eigenvalue weighted by Gasteiger charge is 2.12. The Kier molecular flexibility index (Phi) is 5.58. The zero-order valence-electron chi connectivity index (χ0n) is 13.2. The van der Waals surface area contributed by atoms with Crippen LogP contribution in [0, 0.1) is 0 Å². The van der Waals surface area contributed by atoms with Gasteiger partial charge in [-0.15, -0.1) is 0 Å². The first-order chi connectivity index (χ1) is 12.1. The lowest BCUT2D eigenvalue weighted by molar-refractivity contribution is 0.0977. The van der Waals surface area contributed by atoms with E-state index in [1.807, 2.05) is 66.7 Å². The van der Waals surface area contributed by atoms with Crippen molar-refractivity contribution in [2.24, 2.45) is 0 Å². The summed E-state index contributed by atoms with van der Waals surface area (Å²) in [6.07, 6.45) is 0. The van der Waals surface area contributed by atoms with E-state index in [-0.39, 0.29) is 11.0 Å². The van der Waals surface area contributed by atoms with Crippen LogP contribution < -0.4 is 10.6 Å². The molecule has 0 saturated heterocycles. The molecule has 3 rings (SSSR count). The Morgan fingerprint density at radius 1 is 0.840 bits per heavy atom. The first-order valence-electron chi connectivity index (χ1n) is 7.66. The predicted molar refractivity (Wildman–Crippen MR) is 110 cm³/mol. The van der Waals surface area contributed by atoms with Crippen LogP contribution in [0.3, 0.4) is 0 Å². The average molecular weight is 411 g/mol. The third-order valence-corrected chi connectivity index (χ3v) is 4.50. The van der Waals surface area contributed by atoms with E-state index >= 15 is 0 Å². The highest BCUT2D eigenvalue weighted by Crippen LogP contribution is 2.27. The zero-order chi connectivity index (χ0) is 17.6. The molecule has 2 N–H and O–H groups in total. The Morgan fingerprint density at radius 2 is 1.48 bits per heavy atom. The summed E-state index contributed by atoms with van der Waals surface area (Å²) in [5.41, 5.74) is 3.46. The fourth-order valence-electron chi connectivity index (χ4n) is 2.43. The Balaban J connectivity index is 1.76. The van der Waals surface area contributed by atoms with Gasteiger partial charge in [0.2, 0.25) is 0 Å². The number of hydrogen-bond donors (Lipinski definition) is 2. The van der Waals surface area contributed by atoms with E-state index in [1.165, 1.54) is 0 Å². The number of carbonyl (C=O) groups excluding carboxylic acids is 1. The fraction of sp³-hybridized carbons (Fsp3) is 0. The molecule has 0 atom stereocenters. The number of halogens is 1. The maximum atomic E-state index is 12.4. The van der Waals surface area contributed by atoms with Crippen LogP contribution in [0.2, 0.25) is 0 Å². The van der Waals surface area contributed by atoms with Crippen LogP contribution >= 0.6 is 28.1 Å². The van der Waals surface area contributed by atoms with Crippen molar-refractivity contribution >= 4 is 44.9 Å². The minimum Gasteiger partial charge on any atom is -0.332 e. The van der Waals surface area contributed by atoms with Crippen molar-refractivity contribution in [1.29, 1.82) is 0 Å². The molecular weight excluding hydrogens is 396 g/mol. The summed E-state index contributed by atoms with van der Waals surface area (Å²) in [7, 11) is 0. The summed E-state index contributed by atoms with van der Waals surface area (Å²) >= 11 is 8.68. The lowest BCUT2D eigenvalue weighted by atomic mass is 10.0. The minimum atomic E-state index is -0.262. The van der Waals surface area contributed by atoms with Gasteiger partial charge in [-0.05, 0) is 51.9 Å². The highest BCUT2D eigenvalue weighted by atomic mass is 79.9. The fourth-order valence-corrected chi connectivity index (χ4v) is 3.10. The molecule has 0 radical (unpaired) electrons. The van der Waals surface area contributed by atoms with Crippen molar-refractivity contribution in [3.05, 3.63) is 88.9 Å². The molecule has 3 nitrogen and oxygen atoms in total. The molecule has 0 spiro atoms. The van der Waals surface area contributed by atoms with E-state index in [9.17, 15) is 4.79 Å². The first-order valence-corrected chi connectivity index (χ1v) is 8.86. The van der Waals surface area contributed by atoms with Crippen LogP contribution in [0.1, 0.15) is 10.4 Å². The number of para-hydroxylation sites is 1. The third-order valence-electron chi connectivity index (χ3n) is 3.61. The van der Waals surface area contributed by atoms with Crippen molar-refractivity contribution in [3.8, 4) is 11.1 Å². The molecule has 0 aromatic heterocycles. The molecule has 0 aliphatic heterocycles. The van der Waals surface area contributed by atoms with Gasteiger partial charge in [0.05, 0.1) is 5.56 Å². The number of anilines is 1. The standard InChI is InChI=1S/C20H15BrN2OS/c21-17-12-6-4-11-16(17)19(24)23-20(25)22-18-13-7-5-10-15(18)14-8-2-1-3-9-14/h1-13H,(H2,22,23,24,25). The van der Waals surface area contributed by atoms with Crippen molar-refractivity contribution in [2.45, 2.75) is 0 Å². The Morgan fingerprint density at radius 3 is 2.24 bits per heavy atom. The number of rotatable bonds is 3. The SMILES string of the molecule is O=C(NC(=S)Nc1ccccc1-c1ccccc1)c1ccccc1Br. The van der Waals surface area contributed by atoms with Gasteiger partial charge in [0.25, 0.3) is 5.91 Å². The molecule has 3 aromatic rings. The molecule has 1 amide bonds. The number of nitrogens with one attached hydrogen (secondary N) is 2. The summed E-state index contributed by atoms with van der Waals surface area (Å²) in [4.78, 5) is 12.4. The molecule has 0 unspecified atom stereocenters. The Labute approximate surface area is 160 Å². The predicted octanol–water partition coefficient (Wildman–Crippen LogP) is 5.24. The smallest absolute Gasteiger partial charge is 0.258 e. The minimum absolute atomic E-state index is 0.254. The second-order valence-corrected chi connectivity index (χ2v) is 6.56. The topological polar surface area (TPSA) is 41.1 Å². The molecule has 0 saturated carbocycles. The van der Waals surface area contributed by atoms with Crippen LogP contribution in [0.25, 0.3) is 11.1 Å². The lowest BCUT2D eigenvalue weighted by Crippen LogP contribution is -2.34. The Bertz CT molecular complexity index is 912. The first kappa shape index (κ1) is 17.3. The van der Waals surface area contributed by atoms with Gasteiger partial charge in [0.15, 0.2) is 5.11 Å².